The van der Waals surface area contributed by atoms with Gasteiger partial charge in [0.15, 0.2) is 0 Å². The van der Waals surface area contributed by atoms with Gasteiger partial charge in [0, 0.05) is 43.8 Å². The number of pyridine rings is 1. The molecule has 0 aliphatic carbocycles. The average molecular weight is 268 g/mol. The topological polar surface area (TPSA) is 45.4 Å². The molecule has 0 bridgehead atoms. The highest BCUT2D eigenvalue weighted by Crippen LogP contribution is 2.22. The third-order valence-corrected chi connectivity index (χ3v) is 3.80. The molecule has 1 saturated heterocycles. The SMILES string of the molecule is Cc1cccnc1N1CCN(c2cccc(N)c2)CC1. The summed E-state index contributed by atoms with van der Waals surface area (Å²) in [6.07, 6.45) is 1.87. The van der Waals surface area contributed by atoms with E-state index in [1.807, 2.05) is 30.5 Å². The molecule has 1 aromatic heterocycles. The van der Waals surface area contributed by atoms with Gasteiger partial charge in [0.1, 0.15) is 5.82 Å². The van der Waals surface area contributed by atoms with E-state index < -0.39 is 0 Å². The summed E-state index contributed by atoms with van der Waals surface area (Å²) in [5.74, 6) is 1.11. The fourth-order valence-electron chi connectivity index (χ4n) is 2.71. The number of hydrogen-bond donors (Lipinski definition) is 1. The van der Waals surface area contributed by atoms with Gasteiger partial charge in [-0.25, -0.2) is 4.98 Å². The standard InChI is InChI=1S/C16H20N4/c1-13-4-3-7-18-16(13)20-10-8-19(9-11-20)15-6-2-5-14(17)12-15/h2-7,12H,8-11,17H2,1H3. The zero-order valence-corrected chi connectivity index (χ0v) is 11.8. The second-order valence-electron chi connectivity index (χ2n) is 5.21. The maximum absolute atomic E-state index is 5.86. The van der Waals surface area contributed by atoms with Crippen LogP contribution in [0, 0.1) is 6.92 Å². The van der Waals surface area contributed by atoms with Crippen LogP contribution in [0.5, 0.6) is 0 Å². The van der Waals surface area contributed by atoms with Gasteiger partial charge < -0.3 is 15.5 Å². The Morgan fingerprint density at radius 2 is 1.75 bits per heavy atom. The zero-order valence-electron chi connectivity index (χ0n) is 11.8. The van der Waals surface area contributed by atoms with E-state index in [1.165, 1.54) is 11.3 Å². The predicted octanol–water partition coefficient (Wildman–Crippen LogP) is 2.30. The van der Waals surface area contributed by atoms with Crippen molar-refractivity contribution in [1.29, 1.82) is 0 Å². The molecule has 4 nitrogen and oxygen atoms in total. The highest BCUT2D eigenvalue weighted by molar-refractivity contribution is 5.57. The summed E-state index contributed by atoms with van der Waals surface area (Å²) in [4.78, 5) is 9.24. The smallest absolute Gasteiger partial charge is 0.131 e. The van der Waals surface area contributed by atoms with Gasteiger partial charge in [-0.05, 0) is 36.8 Å². The highest BCUT2D eigenvalue weighted by Gasteiger charge is 2.19. The molecule has 20 heavy (non-hydrogen) atoms. The zero-order chi connectivity index (χ0) is 13.9. The number of aryl methyl sites for hydroxylation is 1. The summed E-state index contributed by atoms with van der Waals surface area (Å²) in [5, 5.41) is 0. The van der Waals surface area contributed by atoms with Gasteiger partial charge in [0.2, 0.25) is 0 Å². The van der Waals surface area contributed by atoms with Crippen molar-refractivity contribution in [3.63, 3.8) is 0 Å². The Balaban J connectivity index is 1.70. The molecule has 0 spiro atoms. The van der Waals surface area contributed by atoms with Crippen molar-refractivity contribution < 1.29 is 0 Å². The quantitative estimate of drug-likeness (QED) is 0.849. The largest absolute Gasteiger partial charge is 0.399 e. The molecule has 1 aromatic carbocycles. The summed E-state index contributed by atoms with van der Waals surface area (Å²) >= 11 is 0. The van der Waals surface area contributed by atoms with Crippen LogP contribution in [0.1, 0.15) is 5.56 Å². The molecule has 2 N–H and O–H groups in total. The summed E-state index contributed by atoms with van der Waals surface area (Å²) in [7, 11) is 0. The van der Waals surface area contributed by atoms with E-state index in [2.05, 4.69) is 33.8 Å². The number of rotatable bonds is 2. The Morgan fingerprint density at radius 3 is 2.45 bits per heavy atom. The van der Waals surface area contributed by atoms with Crippen molar-refractivity contribution in [2.45, 2.75) is 6.92 Å². The van der Waals surface area contributed by atoms with Crippen LogP contribution in [-0.4, -0.2) is 31.2 Å². The van der Waals surface area contributed by atoms with Crippen molar-refractivity contribution in [1.82, 2.24) is 4.98 Å². The van der Waals surface area contributed by atoms with E-state index in [1.54, 1.807) is 0 Å². The van der Waals surface area contributed by atoms with E-state index >= 15 is 0 Å². The van der Waals surface area contributed by atoms with E-state index in [0.29, 0.717) is 0 Å². The number of piperazine rings is 1. The number of hydrogen-bond acceptors (Lipinski definition) is 4. The lowest BCUT2D eigenvalue weighted by Gasteiger charge is -2.37. The maximum Gasteiger partial charge on any atom is 0.131 e. The molecule has 1 fully saturated rings. The van der Waals surface area contributed by atoms with E-state index in [4.69, 9.17) is 5.73 Å². The summed E-state index contributed by atoms with van der Waals surface area (Å²) < 4.78 is 0. The lowest BCUT2D eigenvalue weighted by Crippen LogP contribution is -2.47. The molecule has 104 valence electrons. The first-order valence-electron chi connectivity index (χ1n) is 7.01. The Bertz CT molecular complexity index is 589. The minimum Gasteiger partial charge on any atom is -0.399 e. The minimum absolute atomic E-state index is 0.825. The van der Waals surface area contributed by atoms with Gasteiger partial charge in [-0.1, -0.05) is 12.1 Å². The lowest BCUT2D eigenvalue weighted by atomic mass is 10.2. The molecule has 0 atom stereocenters. The van der Waals surface area contributed by atoms with Crippen LogP contribution in [0.2, 0.25) is 0 Å². The molecule has 2 heterocycles. The molecule has 1 aliphatic rings. The van der Waals surface area contributed by atoms with Crippen molar-refractivity contribution in [2.24, 2.45) is 0 Å². The van der Waals surface area contributed by atoms with Crippen molar-refractivity contribution in [3.05, 3.63) is 48.2 Å². The van der Waals surface area contributed by atoms with Crippen LogP contribution in [0.3, 0.4) is 0 Å². The number of anilines is 3. The van der Waals surface area contributed by atoms with Crippen LogP contribution in [-0.2, 0) is 0 Å². The maximum atomic E-state index is 5.86. The number of nitrogen functional groups attached to an aromatic ring is 1. The molecule has 1 aliphatic heterocycles. The van der Waals surface area contributed by atoms with Crippen molar-refractivity contribution >= 4 is 17.2 Å². The van der Waals surface area contributed by atoms with Gasteiger partial charge in [-0.2, -0.15) is 0 Å². The van der Waals surface area contributed by atoms with Gasteiger partial charge in [0.05, 0.1) is 0 Å². The Labute approximate surface area is 119 Å². The van der Waals surface area contributed by atoms with Crippen LogP contribution in [0.4, 0.5) is 17.2 Å². The molecular formula is C16H20N4. The molecule has 2 aromatic rings. The fourth-order valence-corrected chi connectivity index (χ4v) is 2.71. The molecule has 0 radical (unpaired) electrons. The first-order valence-corrected chi connectivity index (χ1v) is 7.01. The number of benzene rings is 1. The Morgan fingerprint density at radius 1 is 1.00 bits per heavy atom. The van der Waals surface area contributed by atoms with E-state index in [-0.39, 0.29) is 0 Å². The molecule has 0 amide bonds. The monoisotopic (exact) mass is 268 g/mol. The van der Waals surface area contributed by atoms with E-state index in [9.17, 15) is 0 Å². The predicted molar refractivity (Wildman–Crippen MR) is 84.3 cm³/mol. The first kappa shape index (κ1) is 12.8. The summed E-state index contributed by atoms with van der Waals surface area (Å²) in [6.45, 7) is 6.10. The van der Waals surface area contributed by atoms with Gasteiger partial charge in [-0.3, -0.25) is 0 Å². The number of nitrogens with two attached hydrogens (primary N) is 1. The lowest BCUT2D eigenvalue weighted by molar-refractivity contribution is 0.646. The summed E-state index contributed by atoms with van der Waals surface area (Å²) in [6, 6.07) is 12.2. The fraction of sp³-hybridized carbons (Fsp3) is 0.312. The first-order chi connectivity index (χ1) is 9.74. The number of aromatic nitrogens is 1. The molecule has 4 heteroatoms. The van der Waals surface area contributed by atoms with Gasteiger partial charge >= 0.3 is 0 Å². The number of nitrogens with zero attached hydrogens (tertiary/aromatic N) is 3. The Hall–Kier alpha value is -2.23. The highest BCUT2D eigenvalue weighted by atomic mass is 15.3. The van der Waals surface area contributed by atoms with Crippen molar-refractivity contribution in [2.75, 3.05) is 41.7 Å². The third kappa shape index (κ3) is 2.54. The van der Waals surface area contributed by atoms with Crippen LogP contribution in [0.25, 0.3) is 0 Å². The van der Waals surface area contributed by atoms with Crippen LogP contribution in [0.15, 0.2) is 42.6 Å². The molecule has 0 unspecified atom stereocenters. The molecular weight excluding hydrogens is 248 g/mol. The third-order valence-electron chi connectivity index (χ3n) is 3.80. The Kier molecular flexibility index (Phi) is 3.46. The average Bonchev–Trinajstić information content (AvgIpc) is 2.48. The van der Waals surface area contributed by atoms with Crippen molar-refractivity contribution in [3.8, 4) is 0 Å². The normalized spacial score (nSPS) is 15.4. The van der Waals surface area contributed by atoms with Crippen LogP contribution >= 0.6 is 0 Å². The minimum atomic E-state index is 0.825. The molecule has 3 rings (SSSR count). The second kappa shape index (κ2) is 5.41. The van der Waals surface area contributed by atoms with Gasteiger partial charge in [0.25, 0.3) is 0 Å². The van der Waals surface area contributed by atoms with Gasteiger partial charge in [-0.15, -0.1) is 0 Å². The molecule has 0 saturated carbocycles. The summed E-state index contributed by atoms with van der Waals surface area (Å²) in [5.41, 5.74) is 9.13. The van der Waals surface area contributed by atoms with Crippen LogP contribution < -0.4 is 15.5 Å². The van der Waals surface area contributed by atoms with E-state index in [0.717, 1.165) is 37.7 Å². The second-order valence-corrected chi connectivity index (χ2v) is 5.21.